The van der Waals surface area contributed by atoms with Gasteiger partial charge in [-0.2, -0.15) is 0 Å². The normalized spacial score (nSPS) is 11.5. The van der Waals surface area contributed by atoms with Crippen LogP contribution in [-0.2, 0) is 0 Å². The minimum atomic E-state index is 0.315. The number of hydrogen-bond donors (Lipinski definition) is 0. The molecular formula is C21H26O5. The Hall–Kier alpha value is -2.69. The lowest BCUT2D eigenvalue weighted by molar-refractivity contribution is 0.112. The lowest BCUT2D eigenvalue weighted by Crippen LogP contribution is -2.10. The number of rotatable bonds is 10. The van der Waals surface area contributed by atoms with Crippen LogP contribution in [0.4, 0.5) is 0 Å². The van der Waals surface area contributed by atoms with Crippen molar-refractivity contribution in [3.63, 3.8) is 0 Å². The number of aldehydes is 1. The zero-order chi connectivity index (χ0) is 18.9. The first-order valence-corrected chi connectivity index (χ1v) is 8.69. The molecule has 2 rings (SSSR count). The second-order valence-electron chi connectivity index (χ2n) is 5.94. The van der Waals surface area contributed by atoms with Crippen molar-refractivity contribution in [2.75, 3.05) is 27.4 Å². The van der Waals surface area contributed by atoms with Crippen LogP contribution in [0.3, 0.4) is 0 Å². The van der Waals surface area contributed by atoms with E-state index in [9.17, 15) is 4.79 Å². The maximum Gasteiger partial charge on any atom is 0.162 e. The second kappa shape index (κ2) is 9.70. The predicted octanol–water partition coefficient (Wildman–Crippen LogP) is 4.49. The number of ether oxygens (including phenoxy) is 4. The molecule has 0 saturated heterocycles. The summed E-state index contributed by atoms with van der Waals surface area (Å²) in [6, 6.07) is 11.0. The zero-order valence-corrected chi connectivity index (χ0v) is 15.8. The lowest BCUT2D eigenvalue weighted by atomic mass is 9.98. The number of carbonyl (C=O) groups is 1. The Labute approximate surface area is 154 Å². The van der Waals surface area contributed by atoms with E-state index in [1.54, 1.807) is 32.4 Å². The minimum Gasteiger partial charge on any atom is -0.493 e. The monoisotopic (exact) mass is 358 g/mol. The average Bonchev–Trinajstić information content (AvgIpc) is 2.70. The SMILES string of the molecule is CCC(C)c1ccc(OC)c(OCCOc2cc(C=O)ccc2OC)c1. The highest BCUT2D eigenvalue weighted by Crippen LogP contribution is 2.32. The average molecular weight is 358 g/mol. The first-order chi connectivity index (χ1) is 12.6. The summed E-state index contributed by atoms with van der Waals surface area (Å²) in [4.78, 5) is 10.9. The van der Waals surface area contributed by atoms with Gasteiger partial charge in [-0.25, -0.2) is 0 Å². The Morgan fingerprint density at radius 1 is 0.885 bits per heavy atom. The summed E-state index contributed by atoms with van der Waals surface area (Å²) in [6.45, 7) is 5.00. The molecule has 2 aromatic carbocycles. The minimum absolute atomic E-state index is 0.315. The van der Waals surface area contributed by atoms with Crippen molar-refractivity contribution < 1.29 is 23.7 Å². The molecule has 0 bridgehead atoms. The van der Waals surface area contributed by atoms with Gasteiger partial charge in [-0.15, -0.1) is 0 Å². The first-order valence-electron chi connectivity index (χ1n) is 8.69. The Balaban J connectivity index is 2.00. The maximum absolute atomic E-state index is 10.9. The fourth-order valence-corrected chi connectivity index (χ4v) is 2.53. The molecular weight excluding hydrogens is 332 g/mol. The van der Waals surface area contributed by atoms with Gasteiger partial charge < -0.3 is 18.9 Å². The van der Waals surface area contributed by atoms with Crippen molar-refractivity contribution in [2.24, 2.45) is 0 Å². The highest BCUT2D eigenvalue weighted by molar-refractivity contribution is 5.76. The van der Waals surface area contributed by atoms with E-state index in [2.05, 4.69) is 19.9 Å². The molecule has 2 aromatic rings. The van der Waals surface area contributed by atoms with Crippen LogP contribution in [0.2, 0.25) is 0 Å². The van der Waals surface area contributed by atoms with E-state index in [0.717, 1.165) is 12.7 Å². The summed E-state index contributed by atoms with van der Waals surface area (Å²) in [7, 11) is 3.18. The second-order valence-corrected chi connectivity index (χ2v) is 5.94. The van der Waals surface area contributed by atoms with Crippen molar-refractivity contribution in [2.45, 2.75) is 26.2 Å². The van der Waals surface area contributed by atoms with Crippen LogP contribution in [0.15, 0.2) is 36.4 Å². The summed E-state index contributed by atoms with van der Waals surface area (Å²) in [5, 5.41) is 0. The zero-order valence-electron chi connectivity index (χ0n) is 15.8. The third-order valence-corrected chi connectivity index (χ3v) is 4.29. The van der Waals surface area contributed by atoms with E-state index in [-0.39, 0.29) is 0 Å². The van der Waals surface area contributed by atoms with Crippen molar-refractivity contribution in [1.29, 1.82) is 0 Å². The highest BCUT2D eigenvalue weighted by atomic mass is 16.5. The Morgan fingerprint density at radius 3 is 2.00 bits per heavy atom. The van der Waals surface area contributed by atoms with Gasteiger partial charge in [-0.1, -0.05) is 19.9 Å². The van der Waals surface area contributed by atoms with Crippen LogP contribution in [0, 0.1) is 0 Å². The van der Waals surface area contributed by atoms with E-state index >= 15 is 0 Å². The van der Waals surface area contributed by atoms with Crippen molar-refractivity contribution in [3.8, 4) is 23.0 Å². The fourth-order valence-electron chi connectivity index (χ4n) is 2.53. The molecule has 5 nitrogen and oxygen atoms in total. The van der Waals surface area contributed by atoms with E-state index < -0.39 is 0 Å². The predicted molar refractivity (Wildman–Crippen MR) is 101 cm³/mol. The van der Waals surface area contributed by atoms with Gasteiger partial charge >= 0.3 is 0 Å². The number of benzene rings is 2. The number of methoxy groups -OCH3 is 2. The van der Waals surface area contributed by atoms with Gasteiger partial charge in [0.2, 0.25) is 0 Å². The Morgan fingerprint density at radius 2 is 1.46 bits per heavy atom. The highest BCUT2D eigenvalue weighted by Gasteiger charge is 2.10. The van der Waals surface area contributed by atoms with Gasteiger partial charge in [0.25, 0.3) is 0 Å². The van der Waals surface area contributed by atoms with Crippen LogP contribution in [0.25, 0.3) is 0 Å². The molecule has 0 spiro atoms. The third-order valence-electron chi connectivity index (χ3n) is 4.29. The van der Waals surface area contributed by atoms with E-state index in [4.69, 9.17) is 18.9 Å². The molecule has 0 fully saturated rings. The Kier molecular flexibility index (Phi) is 7.33. The molecule has 0 aliphatic carbocycles. The van der Waals surface area contributed by atoms with Gasteiger partial charge in [-0.3, -0.25) is 4.79 Å². The van der Waals surface area contributed by atoms with Crippen molar-refractivity contribution in [3.05, 3.63) is 47.5 Å². The molecule has 140 valence electrons. The molecule has 0 N–H and O–H groups in total. The first kappa shape index (κ1) is 19.6. The molecule has 5 heteroatoms. The van der Waals surface area contributed by atoms with E-state index in [1.807, 2.05) is 12.1 Å². The molecule has 0 heterocycles. The van der Waals surface area contributed by atoms with Gasteiger partial charge in [-0.05, 0) is 48.2 Å². The molecule has 0 aromatic heterocycles. The van der Waals surface area contributed by atoms with Gasteiger partial charge in [0.15, 0.2) is 23.0 Å². The topological polar surface area (TPSA) is 54.0 Å². The van der Waals surface area contributed by atoms with Crippen LogP contribution in [-0.4, -0.2) is 33.7 Å². The largest absolute Gasteiger partial charge is 0.493 e. The Bertz CT molecular complexity index is 726. The molecule has 0 radical (unpaired) electrons. The van der Waals surface area contributed by atoms with Crippen LogP contribution in [0.5, 0.6) is 23.0 Å². The van der Waals surface area contributed by atoms with Crippen molar-refractivity contribution >= 4 is 6.29 Å². The number of hydrogen-bond acceptors (Lipinski definition) is 5. The third kappa shape index (κ3) is 4.91. The maximum atomic E-state index is 10.9. The van der Waals surface area contributed by atoms with Gasteiger partial charge in [0.1, 0.15) is 19.5 Å². The van der Waals surface area contributed by atoms with Crippen LogP contribution >= 0.6 is 0 Å². The summed E-state index contributed by atoms with van der Waals surface area (Å²) in [5.74, 6) is 2.93. The molecule has 0 amide bonds. The standard InChI is InChI=1S/C21H26O5/c1-5-15(2)17-7-9-19(24-4)21(13-17)26-11-10-25-20-12-16(14-22)6-8-18(20)23-3/h6-9,12-15H,5,10-11H2,1-4H3. The lowest BCUT2D eigenvalue weighted by Gasteiger charge is -2.16. The van der Waals surface area contributed by atoms with Crippen LogP contribution < -0.4 is 18.9 Å². The summed E-state index contributed by atoms with van der Waals surface area (Å²) < 4.78 is 22.2. The van der Waals surface area contributed by atoms with E-state index in [0.29, 0.717) is 47.7 Å². The van der Waals surface area contributed by atoms with E-state index in [1.165, 1.54) is 5.56 Å². The summed E-state index contributed by atoms with van der Waals surface area (Å²) >= 11 is 0. The molecule has 1 atom stereocenters. The quantitative estimate of drug-likeness (QED) is 0.463. The van der Waals surface area contributed by atoms with Crippen molar-refractivity contribution in [1.82, 2.24) is 0 Å². The smallest absolute Gasteiger partial charge is 0.162 e. The molecule has 0 aliphatic rings. The van der Waals surface area contributed by atoms with Gasteiger partial charge in [0.05, 0.1) is 14.2 Å². The van der Waals surface area contributed by atoms with Gasteiger partial charge in [0, 0.05) is 5.56 Å². The number of carbonyl (C=O) groups excluding carboxylic acids is 1. The molecule has 26 heavy (non-hydrogen) atoms. The molecule has 1 unspecified atom stereocenters. The van der Waals surface area contributed by atoms with Crippen LogP contribution in [0.1, 0.15) is 42.1 Å². The molecule has 0 aliphatic heterocycles. The summed E-state index contributed by atoms with van der Waals surface area (Å²) in [5.41, 5.74) is 1.74. The summed E-state index contributed by atoms with van der Waals surface area (Å²) in [6.07, 6.45) is 1.83. The fraction of sp³-hybridized carbons (Fsp3) is 0.381. The molecule has 0 saturated carbocycles.